The van der Waals surface area contributed by atoms with Crippen molar-refractivity contribution in [3.63, 3.8) is 0 Å². The lowest BCUT2D eigenvalue weighted by atomic mass is 10.1. The molecule has 0 bridgehead atoms. The molecule has 178 valence electrons. The third-order valence-corrected chi connectivity index (χ3v) is 6.10. The monoisotopic (exact) mass is 475 g/mol. The Bertz CT molecular complexity index is 1570. The zero-order valence-electron chi connectivity index (χ0n) is 20.3. The van der Waals surface area contributed by atoms with E-state index < -0.39 is 0 Å². The molecular formula is C28H25N7O. The standard InChI is InChI=1S/C28H25N7O/c1-18(2)35-16-23(26-27(30)32-17-33-28(26)35)19-9-11-21(12-10-19)36-25-8-4-7-24(22(25)14-29)34(3)20-6-5-13-31-15-20/h4-13,15-18H,1-3H3,(H2,30,32,33). The number of nitrogens with two attached hydrogens (primary N) is 1. The molecule has 0 atom stereocenters. The van der Waals surface area contributed by atoms with Crippen molar-refractivity contribution in [3.8, 4) is 28.7 Å². The van der Waals surface area contributed by atoms with E-state index >= 15 is 0 Å². The number of nitrogens with zero attached hydrogens (tertiary/aromatic N) is 6. The van der Waals surface area contributed by atoms with Gasteiger partial charge in [-0.3, -0.25) is 4.98 Å². The van der Waals surface area contributed by atoms with Gasteiger partial charge in [-0.1, -0.05) is 18.2 Å². The minimum absolute atomic E-state index is 0.222. The molecule has 3 aromatic heterocycles. The summed E-state index contributed by atoms with van der Waals surface area (Å²) in [6.07, 6.45) is 7.01. The van der Waals surface area contributed by atoms with Gasteiger partial charge >= 0.3 is 0 Å². The van der Waals surface area contributed by atoms with Gasteiger partial charge < -0.3 is 19.9 Å². The number of rotatable bonds is 6. The normalized spacial score (nSPS) is 11.0. The summed E-state index contributed by atoms with van der Waals surface area (Å²) in [5.41, 5.74) is 11.0. The average molecular weight is 476 g/mol. The largest absolute Gasteiger partial charge is 0.456 e. The lowest BCUT2D eigenvalue weighted by Crippen LogP contribution is -2.11. The second kappa shape index (κ2) is 9.39. The van der Waals surface area contributed by atoms with Crippen molar-refractivity contribution in [1.82, 2.24) is 19.5 Å². The number of nitrogen functional groups attached to an aromatic ring is 1. The van der Waals surface area contributed by atoms with Crippen molar-refractivity contribution in [2.75, 3.05) is 17.7 Å². The average Bonchev–Trinajstić information content (AvgIpc) is 3.30. The van der Waals surface area contributed by atoms with Gasteiger partial charge in [0.1, 0.15) is 40.9 Å². The number of anilines is 3. The minimum Gasteiger partial charge on any atom is -0.456 e. The Hall–Kier alpha value is -4.90. The number of hydrogen-bond donors (Lipinski definition) is 1. The van der Waals surface area contributed by atoms with Crippen LogP contribution in [0.25, 0.3) is 22.2 Å². The second-order valence-corrected chi connectivity index (χ2v) is 8.66. The molecule has 0 fully saturated rings. The van der Waals surface area contributed by atoms with Gasteiger partial charge in [-0.05, 0) is 55.8 Å². The first kappa shape index (κ1) is 22.9. The molecule has 0 unspecified atom stereocenters. The van der Waals surface area contributed by atoms with Crippen LogP contribution in [0.2, 0.25) is 0 Å². The van der Waals surface area contributed by atoms with Crippen LogP contribution >= 0.6 is 0 Å². The van der Waals surface area contributed by atoms with Gasteiger partial charge in [0, 0.05) is 31.0 Å². The molecule has 0 aliphatic rings. The zero-order valence-corrected chi connectivity index (χ0v) is 20.3. The maximum atomic E-state index is 9.94. The molecule has 36 heavy (non-hydrogen) atoms. The molecule has 0 amide bonds. The Kier molecular flexibility index (Phi) is 5.97. The highest BCUT2D eigenvalue weighted by atomic mass is 16.5. The van der Waals surface area contributed by atoms with Crippen LogP contribution in [0.5, 0.6) is 11.5 Å². The first-order chi connectivity index (χ1) is 17.5. The number of aromatic nitrogens is 4. The van der Waals surface area contributed by atoms with E-state index in [1.54, 1.807) is 18.5 Å². The van der Waals surface area contributed by atoms with Gasteiger partial charge in [0.15, 0.2) is 0 Å². The van der Waals surface area contributed by atoms with E-state index in [4.69, 9.17) is 10.5 Å². The van der Waals surface area contributed by atoms with Crippen LogP contribution in [0.15, 0.2) is 79.5 Å². The Morgan fingerprint density at radius 2 is 1.86 bits per heavy atom. The number of pyridine rings is 1. The van der Waals surface area contributed by atoms with Crippen molar-refractivity contribution in [2.24, 2.45) is 0 Å². The molecule has 8 nitrogen and oxygen atoms in total. The second-order valence-electron chi connectivity index (χ2n) is 8.66. The summed E-state index contributed by atoms with van der Waals surface area (Å²) in [7, 11) is 1.90. The van der Waals surface area contributed by atoms with E-state index in [0.29, 0.717) is 22.9 Å². The van der Waals surface area contributed by atoms with Gasteiger partial charge in [0.25, 0.3) is 0 Å². The molecule has 5 rings (SSSR count). The van der Waals surface area contributed by atoms with Crippen molar-refractivity contribution >= 4 is 28.2 Å². The van der Waals surface area contributed by atoms with Gasteiger partial charge in [0.05, 0.1) is 23.0 Å². The van der Waals surface area contributed by atoms with E-state index in [2.05, 4.69) is 45.6 Å². The fourth-order valence-corrected chi connectivity index (χ4v) is 4.24. The molecule has 0 aliphatic carbocycles. The summed E-state index contributed by atoms with van der Waals surface area (Å²) in [6, 6.07) is 19.6. The summed E-state index contributed by atoms with van der Waals surface area (Å²) >= 11 is 0. The molecule has 2 aromatic carbocycles. The van der Waals surface area contributed by atoms with Gasteiger partial charge in [-0.2, -0.15) is 5.26 Å². The maximum Gasteiger partial charge on any atom is 0.147 e. The van der Waals surface area contributed by atoms with Gasteiger partial charge in [0.2, 0.25) is 0 Å². The number of hydrogen-bond acceptors (Lipinski definition) is 7. The zero-order chi connectivity index (χ0) is 25.2. The summed E-state index contributed by atoms with van der Waals surface area (Å²) in [5, 5.41) is 10.8. The third-order valence-electron chi connectivity index (χ3n) is 6.10. The molecular weight excluding hydrogens is 450 g/mol. The number of benzene rings is 2. The summed E-state index contributed by atoms with van der Waals surface area (Å²) in [5.74, 6) is 1.55. The quantitative estimate of drug-likeness (QED) is 0.317. The predicted molar refractivity (Wildman–Crippen MR) is 141 cm³/mol. The van der Waals surface area contributed by atoms with Gasteiger partial charge in [-0.15, -0.1) is 0 Å². The molecule has 0 saturated heterocycles. The van der Waals surface area contributed by atoms with Crippen LogP contribution < -0.4 is 15.4 Å². The van der Waals surface area contributed by atoms with E-state index in [0.717, 1.165) is 33.5 Å². The van der Waals surface area contributed by atoms with Gasteiger partial charge in [-0.25, -0.2) is 9.97 Å². The van der Waals surface area contributed by atoms with Crippen molar-refractivity contribution in [2.45, 2.75) is 19.9 Å². The smallest absolute Gasteiger partial charge is 0.147 e. The van der Waals surface area contributed by atoms with Crippen molar-refractivity contribution < 1.29 is 4.74 Å². The lowest BCUT2D eigenvalue weighted by Gasteiger charge is -2.21. The summed E-state index contributed by atoms with van der Waals surface area (Å²) < 4.78 is 8.25. The summed E-state index contributed by atoms with van der Waals surface area (Å²) in [6.45, 7) is 4.20. The number of nitriles is 1. The van der Waals surface area contributed by atoms with E-state index in [-0.39, 0.29) is 6.04 Å². The number of fused-ring (bicyclic) bond motifs is 1. The van der Waals surface area contributed by atoms with Crippen LogP contribution in [-0.2, 0) is 0 Å². The molecule has 0 spiro atoms. The number of ether oxygens (including phenoxy) is 1. The highest BCUT2D eigenvalue weighted by molar-refractivity contribution is 6.00. The maximum absolute atomic E-state index is 9.94. The molecule has 8 heteroatoms. The molecule has 0 saturated carbocycles. The first-order valence-corrected chi connectivity index (χ1v) is 11.5. The Balaban J connectivity index is 1.47. The minimum atomic E-state index is 0.222. The molecule has 5 aromatic rings. The van der Waals surface area contributed by atoms with Crippen LogP contribution in [0.4, 0.5) is 17.2 Å². The van der Waals surface area contributed by atoms with E-state index in [9.17, 15) is 5.26 Å². The Morgan fingerprint density at radius 1 is 1.06 bits per heavy atom. The Labute approximate surface area is 209 Å². The fraction of sp³-hybridized carbons (Fsp3) is 0.143. The molecule has 0 aliphatic heterocycles. The highest BCUT2D eigenvalue weighted by Crippen LogP contribution is 2.37. The Morgan fingerprint density at radius 3 is 2.56 bits per heavy atom. The van der Waals surface area contributed by atoms with Crippen molar-refractivity contribution in [1.29, 1.82) is 5.26 Å². The predicted octanol–water partition coefficient (Wildman–Crippen LogP) is 6.09. The van der Waals surface area contributed by atoms with Crippen LogP contribution in [-0.4, -0.2) is 26.6 Å². The fourth-order valence-electron chi connectivity index (χ4n) is 4.24. The van der Waals surface area contributed by atoms with Crippen LogP contribution in [0.1, 0.15) is 25.5 Å². The molecule has 2 N–H and O–H groups in total. The van der Waals surface area contributed by atoms with E-state index in [1.807, 2.05) is 60.5 Å². The SMILES string of the molecule is CC(C)n1cc(-c2ccc(Oc3cccc(N(C)c4cccnc4)c3C#N)cc2)c2c(N)ncnc21. The van der Waals surface area contributed by atoms with E-state index in [1.165, 1.54) is 6.33 Å². The molecule has 0 radical (unpaired) electrons. The topological polar surface area (TPSA) is 106 Å². The van der Waals surface area contributed by atoms with Crippen LogP contribution in [0.3, 0.4) is 0 Å². The highest BCUT2D eigenvalue weighted by Gasteiger charge is 2.18. The van der Waals surface area contributed by atoms with Crippen molar-refractivity contribution in [3.05, 3.63) is 85.1 Å². The van der Waals surface area contributed by atoms with Crippen LogP contribution in [0, 0.1) is 11.3 Å². The third kappa shape index (κ3) is 4.07. The first-order valence-electron chi connectivity index (χ1n) is 11.5. The lowest BCUT2D eigenvalue weighted by molar-refractivity contribution is 0.481. The molecule has 3 heterocycles. The summed E-state index contributed by atoms with van der Waals surface area (Å²) in [4.78, 5) is 14.7.